The molecule has 6 heteroatoms. The predicted molar refractivity (Wildman–Crippen MR) is 54.5 cm³/mol. The number of nitrogens with two attached hydrogens (primary N) is 1. The molecule has 1 aromatic rings. The average Bonchev–Trinajstić information content (AvgIpc) is 2.16. The Bertz CT molecular complexity index is 404. The van der Waals surface area contributed by atoms with Crippen LogP contribution in [0.25, 0.3) is 0 Å². The normalized spacial score (nSPS) is 11.6. The first-order chi connectivity index (χ1) is 7.36. The fraction of sp³-hybridized carbons (Fsp3) is 0.300. The summed E-state index contributed by atoms with van der Waals surface area (Å²) in [5.74, 6) is -0.321. The predicted octanol–water partition coefficient (Wildman–Crippen LogP) is 2.89. The summed E-state index contributed by atoms with van der Waals surface area (Å²) in [7, 11) is 0. The molecule has 88 valence electrons. The van der Waals surface area contributed by atoms with E-state index in [1.807, 2.05) is 0 Å². The standard InChI is InChI=1S/C10H9ClF3NO/c11-8-5-6(9(16)3-4-15)1-2-7(8)10(12,13)14/h1-2,5H,3-4,15H2. The maximum atomic E-state index is 12.3. The number of hydrogen-bond donors (Lipinski definition) is 1. The Morgan fingerprint density at radius 2 is 2.00 bits per heavy atom. The van der Waals surface area contributed by atoms with Crippen LogP contribution in [0.5, 0.6) is 0 Å². The van der Waals surface area contributed by atoms with Crippen molar-refractivity contribution in [2.45, 2.75) is 12.6 Å². The minimum Gasteiger partial charge on any atom is -0.330 e. The van der Waals surface area contributed by atoms with Gasteiger partial charge in [0.25, 0.3) is 0 Å². The van der Waals surface area contributed by atoms with Crippen molar-refractivity contribution in [2.24, 2.45) is 5.73 Å². The molecule has 0 aromatic heterocycles. The van der Waals surface area contributed by atoms with E-state index in [9.17, 15) is 18.0 Å². The van der Waals surface area contributed by atoms with E-state index in [0.29, 0.717) is 0 Å². The van der Waals surface area contributed by atoms with Crippen LogP contribution in [0.1, 0.15) is 22.3 Å². The Morgan fingerprint density at radius 1 is 1.38 bits per heavy atom. The van der Waals surface area contributed by atoms with Gasteiger partial charge in [-0.25, -0.2) is 0 Å². The summed E-state index contributed by atoms with van der Waals surface area (Å²) in [6.07, 6.45) is -4.42. The van der Waals surface area contributed by atoms with Crippen LogP contribution in [0.2, 0.25) is 5.02 Å². The van der Waals surface area contributed by atoms with Gasteiger partial charge in [0.1, 0.15) is 0 Å². The highest BCUT2D eigenvalue weighted by molar-refractivity contribution is 6.31. The van der Waals surface area contributed by atoms with Crippen molar-refractivity contribution in [1.29, 1.82) is 0 Å². The second-order valence-electron chi connectivity index (χ2n) is 3.15. The van der Waals surface area contributed by atoms with Crippen molar-refractivity contribution in [1.82, 2.24) is 0 Å². The van der Waals surface area contributed by atoms with Crippen molar-refractivity contribution >= 4 is 17.4 Å². The summed E-state index contributed by atoms with van der Waals surface area (Å²) in [4.78, 5) is 11.3. The van der Waals surface area contributed by atoms with E-state index in [4.69, 9.17) is 17.3 Å². The molecule has 0 spiro atoms. The molecular weight excluding hydrogens is 243 g/mol. The number of halogens is 4. The average molecular weight is 252 g/mol. The molecule has 0 atom stereocenters. The van der Waals surface area contributed by atoms with Gasteiger partial charge in [0.2, 0.25) is 0 Å². The SMILES string of the molecule is NCCC(=O)c1ccc(C(F)(F)F)c(Cl)c1. The molecule has 0 bridgehead atoms. The van der Waals surface area contributed by atoms with Gasteiger partial charge in [-0.3, -0.25) is 4.79 Å². The quantitative estimate of drug-likeness (QED) is 0.840. The molecule has 0 saturated carbocycles. The lowest BCUT2D eigenvalue weighted by molar-refractivity contribution is -0.137. The second kappa shape index (κ2) is 4.84. The van der Waals surface area contributed by atoms with Gasteiger partial charge in [-0.05, 0) is 18.7 Å². The summed E-state index contributed by atoms with van der Waals surface area (Å²) in [6.45, 7) is 0.150. The summed E-state index contributed by atoms with van der Waals surface area (Å²) in [6, 6.07) is 2.92. The lowest BCUT2D eigenvalue weighted by atomic mass is 10.1. The van der Waals surface area contributed by atoms with Crippen LogP contribution in [0, 0.1) is 0 Å². The molecule has 0 amide bonds. The van der Waals surface area contributed by atoms with Gasteiger partial charge in [0.05, 0.1) is 10.6 Å². The van der Waals surface area contributed by atoms with Crippen LogP contribution < -0.4 is 5.73 Å². The van der Waals surface area contributed by atoms with E-state index >= 15 is 0 Å². The molecule has 0 aliphatic carbocycles. The van der Waals surface area contributed by atoms with Crippen LogP contribution in [0.15, 0.2) is 18.2 Å². The number of carbonyl (C=O) groups excluding carboxylic acids is 1. The molecule has 1 aromatic carbocycles. The number of rotatable bonds is 3. The van der Waals surface area contributed by atoms with Crippen molar-refractivity contribution in [3.8, 4) is 0 Å². The number of alkyl halides is 3. The third kappa shape index (κ3) is 2.96. The lowest BCUT2D eigenvalue weighted by Crippen LogP contribution is -2.10. The van der Waals surface area contributed by atoms with E-state index in [2.05, 4.69) is 0 Å². The van der Waals surface area contributed by atoms with Crippen molar-refractivity contribution in [3.63, 3.8) is 0 Å². The molecule has 0 heterocycles. The van der Waals surface area contributed by atoms with Crippen LogP contribution in [0.3, 0.4) is 0 Å². The molecule has 0 unspecified atom stereocenters. The summed E-state index contributed by atoms with van der Waals surface area (Å²) in [5, 5.41) is -0.477. The topological polar surface area (TPSA) is 43.1 Å². The number of benzene rings is 1. The smallest absolute Gasteiger partial charge is 0.330 e. The monoisotopic (exact) mass is 251 g/mol. The first-order valence-electron chi connectivity index (χ1n) is 4.46. The molecule has 16 heavy (non-hydrogen) atoms. The van der Waals surface area contributed by atoms with Crippen LogP contribution in [-0.2, 0) is 6.18 Å². The van der Waals surface area contributed by atoms with Gasteiger partial charge < -0.3 is 5.73 Å². The number of ketones is 1. The van der Waals surface area contributed by atoms with Gasteiger partial charge in [0, 0.05) is 12.0 Å². The maximum absolute atomic E-state index is 12.3. The number of hydrogen-bond acceptors (Lipinski definition) is 2. The first-order valence-corrected chi connectivity index (χ1v) is 4.84. The van der Waals surface area contributed by atoms with E-state index in [1.165, 1.54) is 0 Å². The zero-order valence-corrected chi connectivity index (χ0v) is 8.90. The minimum absolute atomic E-state index is 0.0850. The highest BCUT2D eigenvalue weighted by Gasteiger charge is 2.33. The van der Waals surface area contributed by atoms with E-state index in [0.717, 1.165) is 18.2 Å². The van der Waals surface area contributed by atoms with Gasteiger partial charge in [-0.15, -0.1) is 0 Å². The molecule has 2 N–H and O–H groups in total. The van der Waals surface area contributed by atoms with E-state index in [1.54, 1.807) is 0 Å². The Hall–Kier alpha value is -1.07. The third-order valence-electron chi connectivity index (χ3n) is 1.97. The highest BCUT2D eigenvalue weighted by atomic mass is 35.5. The molecule has 2 nitrogen and oxygen atoms in total. The zero-order valence-electron chi connectivity index (χ0n) is 8.14. The van der Waals surface area contributed by atoms with Crippen molar-refractivity contribution in [2.75, 3.05) is 6.54 Å². The van der Waals surface area contributed by atoms with Crippen LogP contribution in [0.4, 0.5) is 13.2 Å². The van der Waals surface area contributed by atoms with E-state index in [-0.39, 0.29) is 24.3 Å². The Morgan fingerprint density at radius 3 is 2.44 bits per heavy atom. The summed E-state index contributed by atoms with van der Waals surface area (Å²) >= 11 is 5.45. The van der Waals surface area contributed by atoms with Gasteiger partial charge >= 0.3 is 6.18 Å². The Labute approximate surface area is 95.2 Å². The molecule has 0 radical (unpaired) electrons. The van der Waals surface area contributed by atoms with Crippen molar-refractivity contribution < 1.29 is 18.0 Å². The zero-order chi connectivity index (χ0) is 12.3. The Kier molecular flexibility index (Phi) is 3.93. The summed E-state index contributed by atoms with van der Waals surface area (Å²) < 4.78 is 37.0. The van der Waals surface area contributed by atoms with Crippen LogP contribution in [-0.4, -0.2) is 12.3 Å². The van der Waals surface area contributed by atoms with Gasteiger partial charge in [-0.1, -0.05) is 17.7 Å². The highest BCUT2D eigenvalue weighted by Crippen LogP contribution is 2.35. The van der Waals surface area contributed by atoms with Crippen molar-refractivity contribution in [3.05, 3.63) is 34.3 Å². The fourth-order valence-electron chi connectivity index (χ4n) is 1.19. The molecule has 0 fully saturated rings. The first kappa shape index (κ1) is 13.0. The minimum atomic E-state index is -4.51. The van der Waals surface area contributed by atoms with Crippen LogP contribution >= 0.6 is 11.6 Å². The molecule has 0 saturated heterocycles. The maximum Gasteiger partial charge on any atom is 0.417 e. The summed E-state index contributed by atoms with van der Waals surface area (Å²) in [5.41, 5.74) is 4.37. The number of carbonyl (C=O) groups is 1. The molecular formula is C10H9ClF3NO. The van der Waals surface area contributed by atoms with Gasteiger partial charge in [0.15, 0.2) is 5.78 Å². The molecule has 0 aliphatic heterocycles. The lowest BCUT2D eigenvalue weighted by Gasteiger charge is -2.09. The second-order valence-corrected chi connectivity index (χ2v) is 3.56. The fourth-order valence-corrected chi connectivity index (χ4v) is 1.48. The Balaban J connectivity index is 3.05. The number of Topliss-reactive ketones (excluding diaryl/α,β-unsaturated/α-hetero) is 1. The molecule has 1 rings (SSSR count). The largest absolute Gasteiger partial charge is 0.417 e. The third-order valence-corrected chi connectivity index (χ3v) is 2.28. The van der Waals surface area contributed by atoms with Gasteiger partial charge in [-0.2, -0.15) is 13.2 Å². The van der Waals surface area contributed by atoms with E-state index < -0.39 is 16.8 Å². The molecule has 0 aliphatic rings.